The largest absolute Gasteiger partial charge is 0.323 e. The maximum absolute atomic E-state index is 12.7. The van der Waals surface area contributed by atoms with Crippen LogP contribution in [-0.4, -0.2) is 22.4 Å². The Morgan fingerprint density at radius 1 is 1.32 bits per heavy atom. The molecule has 0 saturated carbocycles. The lowest BCUT2D eigenvalue weighted by molar-refractivity contribution is -0.384. The first kappa shape index (κ1) is 16.5. The van der Waals surface area contributed by atoms with E-state index in [9.17, 15) is 14.9 Å². The maximum atomic E-state index is 12.7. The van der Waals surface area contributed by atoms with Crippen LogP contribution in [0.4, 0.5) is 16.2 Å². The number of nitrogens with one attached hydrogen (secondary N) is 1. The van der Waals surface area contributed by atoms with Crippen molar-refractivity contribution in [2.45, 2.75) is 18.9 Å². The topological polar surface area (TPSA) is 75.5 Å². The molecule has 1 atom stereocenters. The van der Waals surface area contributed by atoms with Crippen molar-refractivity contribution in [1.29, 1.82) is 0 Å². The molecule has 6 nitrogen and oxygen atoms in total. The number of urea groups is 1. The molecule has 1 aliphatic rings. The Balaban J connectivity index is 1.82. The first-order chi connectivity index (χ1) is 12.1. The highest BCUT2D eigenvalue weighted by Gasteiger charge is 2.30. The number of fused-ring (bicyclic) bond motifs is 1. The first-order valence-electron chi connectivity index (χ1n) is 7.93. The summed E-state index contributed by atoms with van der Waals surface area (Å²) < 4.78 is 0. The van der Waals surface area contributed by atoms with Crippen molar-refractivity contribution in [1.82, 2.24) is 4.90 Å². The van der Waals surface area contributed by atoms with Crippen molar-refractivity contribution in [3.05, 3.63) is 69.8 Å². The molecular weight excluding hydrogens is 318 g/mol. The summed E-state index contributed by atoms with van der Waals surface area (Å²) in [5.41, 5.74) is 2.62. The predicted molar refractivity (Wildman–Crippen MR) is 95.2 cm³/mol. The van der Waals surface area contributed by atoms with Gasteiger partial charge in [0, 0.05) is 17.8 Å². The summed E-state index contributed by atoms with van der Waals surface area (Å²) in [6.45, 7) is 0.166. The zero-order valence-electron chi connectivity index (χ0n) is 13.5. The molecule has 2 aromatic carbocycles. The molecule has 0 fully saturated rings. The number of nitro benzene ring substituents is 1. The summed E-state index contributed by atoms with van der Waals surface area (Å²) in [5, 5.41) is 13.6. The zero-order chi connectivity index (χ0) is 17.8. The van der Waals surface area contributed by atoms with Crippen molar-refractivity contribution >= 4 is 17.4 Å². The van der Waals surface area contributed by atoms with Crippen LogP contribution < -0.4 is 5.32 Å². The molecule has 1 N–H and O–H groups in total. The van der Waals surface area contributed by atoms with Crippen LogP contribution in [0.1, 0.15) is 23.6 Å². The monoisotopic (exact) mass is 335 g/mol. The third-order valence-electron chi connectivity index (χ3n) is 4.31. The van der Waals surface area contributed by atoms with Gasteiger partial charge in [-0.2, -0.15) is 0 Å². The van der Waals surface area contributed by atoms with Crippen molar-refractivity contribution in [3.8, 4) is 12.3 Å². The fourth-order valence-corrected chi connectivity index (χ4v) is 3.17. The summed E-state index contributed by atoms with van der Waals surface area (Å²) in [7, 11) is 0. The van der Waals surface area contributed by atoms with Crippen molar-refractivity contribution in [2.24, 2.45) is 0 Å². The lowest BCUT2D eigenvalue weighted by atomic mass is 10.1. The number of hydrogen-bond donors (Lipinski definition) is 1. The third-order valence-corrected chi connectivity index (χ3v) is 4.31. The number of nitrogens with zero attached hydrogens (tertiary/aromatic N) is 2. The normalized spacial score (nSPS) is 15.1. The number of carbonyl (C=O) groups is 1. The lowest BCUT2D eigenvalue weighted by Gasteiger charge is -2.28. The molecule has 0 bridgehead atoms. The van der Waals surface area contributed by atoms with E-state index < -0.39 is 4.92 Å². The number of anilines is 1. The fraction of sp³-hybridized carbons (Fsp3) is 0.211. The molecule has 0 radical (unpaired) electrons. The summed E-state index contributed by atoms with van der Waals surface area (Å²) in [6, 6.07) is 13.4. The van der Waals surface area contributed by atoms with Crippen LogP contribution in [0.2, 0.25) is 0 Å². The minimum Gasteiger partial charge on any atom is -0.308 e. The van der Waals surface area contributed by atoms with Gasteiger partial charge in [0.25, 0.3) is 5.69 Å². The number of non-ortho nitro benzene ring substituents is 1. The molecule has 0 saturated heterocycles. The molecule has 0 spiro atoms. The van der Waals surface area contributed by atoms with Gasteiger partial charge in [0.1, 0.15) is 0 Å². The van der Waals surface area contributed by atoms with Crippen LogP contribution >= 0.6 is 0 Å². The molecule has 2 amide bonds. The van der Waals surface area contributed by atoms with Gasteiger partial charge in [0.2, 0.25) is 0 Å². The molecule has 2 aromatic rings. The Morgan fingerprint density at radius 2 is 2.12 bits per heavy atom. The molecule has 126 valence electrons. The SMILES string of the molecule is C#CCN(C(=O)Nc1cccc([N+](=O)[O-])c1)[C@@H]1CCc2ccccc21. The van der Waals surface area contributed by atoms with Crippen LogP contribution in [0, 0.1) is 22.5 Å². The number of hydrogen-bond acceptors (Lipinski definition) is 3. The Labute approximate surface area is 145 Å². The Bertz CT molecular complexity index is 857. The minimum atomic E-state index is -0.498. The Kier molecular flexibility index (Phi) is 4.66. The highest BCUT2D eigenvalue weighted by Crippen LogP contribution is 2.35. The molecular formula is C19H17N3O3. The van der Waals surface area contributed by atoms with Gasteiger partial charge in [0.05, 0.1) is 17.5 Å². The van der Waals surface area contributed by atoms with E-state index in [1.807, 2.05) is 18.2 Å². The number of terminal acetylenes is 1. The molecule has 3 rings (SSSR count). The zero-order valence-corrected chi connectivity index (χ0v) is 13.5. The van der Waals surface area contributed by atoms with E-state index in [1.165, 1.54) is 23.8 Å². The number of aryl methyl sites for hydroxylation is 1. The van der Waals surface area contributed by atoms with E-state index >= 15 is 0 Å². The van der Waals surface area contributed by atoms with Gasteiger partial charge in [-0.05, 0) is 30.0 Å². The number of carbonyl (C=O) groups excluding carboxylic acids is 1. The van der Waals surface area contributed by atoms with E-state index in [2.05, 4.69) is 17.3 Å². The van der Waals surface area contributed by atoms with E-state index in [1.54, 1.807) is 11.0 Å². The van der Waals surface area contributed by atoms with Crippen LogP contribution in [0.25, 0.3) is 0 Å². The smallest absolute Gasteiger partial charge is 0.308 e. The highest BCUT2D eigenvalue weighted by molar-refractivity contribution is 5.90. The highest BCUT2D eigenvalue weighted by atomic mass is 16.6. The van der Waals surface area contributed by atoms with Gasteiger partial charge in [-0.1, -0.05) is 36.3 Å². The van der Waals surface area contributed by atoms with E-state index in [-0.39, 0.29) is 24.3 Å². The number of benzene rings is 2. The van der Waals surface area contributed by atoms with Crippen LogP contribution in [0.5, 0.6) is 0 Å². The number of amides is 2. The standard InChI is InChI=1S/C19H17N3O3/c1-2-12-21(18-11-10-14-6-3-4-9-17(14)18)19(23)20-15-7-5-8-16(13-15)22(24)25/h1,3-9,13,18H,10-12H2,(H,20,23)/t18-/m1/s1. The Hall–Kier alpha value is -3.33. The summed E-state index contributed by atoms with van der Waals surface area (Å²) in [4.78, 5) is 24.7. The van der Waals surface area contributed by atoms with E-state index in [0.717, 1.165) is 18.4 Å². The molecule has 1 aliphatic carbocycles. The summed E-state index contributed by atoms with van der Waals surface area (Å²) in [5.74, 6) is 2.53. The first-order valence-corrected chi connectivity index (χ1v) is 7.93. The average molecular weight is 335 g/mol. The van der Waals surface area contributed by atoms with Gasteiger partial charge in [-0.25, -0.2) is 4.79 Å². The predicted octanol–water partition coefficient (Wildman–Crippen LogP) is 3.75. The maximum Gasteiger partial charge on any atom is 0.323 e. The molecule has 0 heterocycles. The van der Waals surface area contributed by atoms with Gasteiger partial charge in [-0.15, -0.1) is 6.42 Å². The Morgan fingerprint density at radius 3 is 2.88 bits per heavy atom. The van der Waals surface area contributed by atoms with Gasteiger partial charge >= 0.3 is 6.03 Å². The quantitative estimate of drug-likeness (QED) is 0.525. The van der Waals surface area contributed by atoms with Crippen molar-refractivity contribution < 1.29 is 9.72 Å². The van der Waals surface area contributed by atoms with Crippen LogP contribution in [0.3, 0.4) is 0 Å². The summed E-state index contributed by atoms with van der Waals surface area (Å²) in [6.07, 6.45) is 7.15. The van der Waals surface area contributed by atoms with Crippen LogP contribution in [0.15, 0.2) is 48.5 Å². The third kappa shape index (κ3) is 3.45. The molecule has 0 unspecified atom stereocenters. The molecule has 0 aromatic heterocycles. The van der Waals surface area contributed by atoms with Gasteiger partial charge in [0.15, 0.2) is 0 Å². The lowest BCUT2D eigenvalue weighted by Crippen LogP contribution is -2.37. The fourth-order valence-electron chi connectivity index (χ4n) is 3.17. The molecule has 25 heavy (non-hydrogen) atoms. The van der Waals surface area contributed by atoms with E-state index in [0.29, 0.717) is 5.69 Å². The second kappa shape index (κ2) is 7.05. The summed E-state index contributed by atoms with van der Waals surface area (Å²) >= 11 is 0. The van der Waals surface area contributed by atoms with Gasteiger partial charge in [-0.3, -0.25) is 10.1 Å². The van der Waals surface area contributed by atoms with Crippen molar-refractivity contribution in [3.63, 3.8) is 0 Å². The van der Waals surface area contributed by atoms with Crippen molar-refractivity contribution in [2.75, 3.05) is 11.9 Å². The molecule has 6 heteroatoms. The van der Waals surface area contributed by atoms with Gasteiger partial charge < -0.3 is 10.2 Å². The second-order valence-electron chi connectivity index (χ2n) is 5.82. The molecule has 0 aliphatic heterocycles. The number of rotatable bonds is 4. The number of nitro groups is 1. The second-order valence-corrected chi connectivity index (χ2v) is 5.82. The minimum absolute atomic E-state index is 0.0764. The average Bonchev–Trinajstić information content (AvgIpc) is 3.03. The van der Waals surface area contributed by atoms with E-state index in [4.69, 9.17) is 6.42 Å². The van der Waals surface area contributed by atoms with Crippen LogP contribution in [-0.2, 0) is 6.42 Å².